The van der Waals surface area contributed by atoms with Crippen LogP contribution in [0.25, 0.3) is 0 Å². The maximum Gasteiger partial charge on any atom is 0.224 e. The van der Waals surface area contributed by atoms with Crippen molar-refractivity contribution in [2.75, 3.05) is 13.1 Å². The van der Waals surface area contributed by atoms with E-state index in [4.69, 9.17) is 0 Å². The zero-order valence-electron chi connectivity index (χ0n) is 18.6. The lowest BCUT2D eigenvalue weighted by atomic mass is 9.99. The Morgan fingerprint density at radius 3 is 2.26 bits per heavy atom. The summed E-state index contributed by atoms with van der Waals surface area (Å²) in [7, 11) is 0. The Balaban J connectivity index is 2.06. The van der Waals surface area contributed by atoms with Crippen LogP contribution in [0.15, 0.2) is 42.5 Å². The van der Waals surface area contributed by atoms with Crippen molar-refractivity contribution < 1.29 is 18.7 Å². The predicted molar refractivity (Wildman–Crippen MR) is 120 cm³/mol. The third-order valence-electron chi connectivity index (χ3n) is 5.26. The number of hydrogen-bond acceptors (Lipinski definition) is 3. The quantitative estimate of drug-likeness (QED) is 0.443. The molecule has 6 heteroatoms. The van der Waals surface area contributed by atoms with Crippen molar-refractivity contribution in [2.24, 2.45) is 0 Å². The fourth-order valence-corrected chi connectivity index (χ4v) is 3.42. The molecule has 0 aliphatic heterocycles. The molecule has 0 aliphatic carbocycles. The molecule has 0 saturated heterocycles. The van der Waals surface area contributed by atoms with Crippen LogP contribution in [-0.2, 0) is 17.6 Å². The van der Waals surface area contributed by atoms with Crippen molar-refractivity contribution in [1.82, 2.24) is 10.6 Å². The molecule has 0 spiro atoms. The first kappa shape index (κ1) is 25.0. The molecule has 170 valence electrons. The Morgan fingerprint density at radius 1 is 1.03 bits per heavy atom. The number of carbonyl (C=O) groups is 1. The fraction of sp³-hybridized carbons (Fsp3) is 0.480. The normalized spacial score (nSPS) is 13.3. The van der Waals surface area contributed by atoms with Gasteiger partial charge in [0.25, 0.3) is 0 Å². The van der Waals surface area contributed by atoms with Gasteiger partial charge in [-0.15, -0.1) is 0 Å². The lowest BCUT2D eigenvalue weighted by molar-refractivity contribution is -0.122. The number of hydrogen-bond donors (Lipinski definition) is 3. The van der Waals surface area contributed by atoms with Gasteiger partial charge in [0.05, 0.1) is 18.6 Å². The van der Waals surface area contributed by atoms with Crippen molar-refractivity contribution in [1.29, 1.82) is 0 Å². The molecule has 0 aromatic heterocycles. The Hall–Kier alpha value is -2.31. The highest BCUT2D eigenvalue weighted by Gasteiger charge is 2.22. The number of halogens is 2. The molecule has 1 amide bonds. The molecule has 0 fully saturated rings. The van der Waals surface area contributed by atoms with Crippen LogP contribution in [0.1, 0.15) is 56.2 Å². The Bertz CT molecular complexity index is 805. The molecule has 2 aromatic rings. The van der Waals surface area contributed by atoms with Crippen LogP contribution >= 0.6 is 0 Å². The van der Waals surface area contributed by atoms with Gasteiger partial charge in [0.15, 0.2) is 0 Å². The van der Waals surface area contributed by atoms with Crippen LogP contribution in [-0.4, -0.2) is 36.2 Å². The minimum atomic E-state index is -0.893. The summed E-state index contributed by atoms with van der Waals surface area (Å²) in [6, 6.07) is 10.5. The van der Waals surface area contributed by atoms with Crippen LogP contribution in [0.3, 0.4) is 0 Å². The van der Waals surface area contributed by atoms with Gasteiger partial charge < -0.3 is 15.7 Å². The standard InChI is InChI=1S/C25H34F2N2O2/c1-4-5-10-28-16-24(30)23(13-19-11-21(26)15-22(27)12-19)29-25(31)14-18-6-8-20(9-7-18)17(2)3/h6-9,11-12,15,17,23-24,28,30H,4-5,10,13-14,16H2,1-3H3,(H,29,31)/t23-,24-/m1/s1. The molecular formula is C25H34F2N2O2. The Morgan fingerprint density at radius 2 is 1.68 bits per heavy atom. The van der Waals surface area contributed by atoms with E-state index in [1.165, 1.54) is 17.7 Å². The maximum atomic E-state index is 13.6. The average molecular weight is 433 g/mol. The number of rotatable bonds is 12. The Labute approximate surface area is 184 Å². The first-order valence-electron chi connectivity index (χ1n) is 11.0. The van der Waals surface area contributed by atoms with Crippen molar-refractivity contribution in [3.8, 4) is 0 Å². The highest BCUT2D eigenvalue weighted by molar-refractivity contribution is 5.79. The summed E-state index contributed by atoms with van der Waals surface area (Å²) in [4.78, 5) is 12.7. The third kappa shape index (κ3) is 8.75. The van der Waals surface area contributed by atoms with E-state index in [1.54, 1.807) is 0 Å². The van der Waals surface area contributed by atoms with Gasteiger partial charge in [-0.05, 0) is 54.1 Å². The van der Waals surface area contributed by atoms with E-state index < -0.39 is 23.8 Å². The van der Waals surface area contributed by atoms with Gasteiger partial charge in [-0.1, -0.05) is 51.5 Å². The summed E-state index contributed by atoms with van der Waals surface area (Å²) in [5, 5.41) is 16.7. The first-order valence-corrected chi connectivity index (χ1v) is 11.0. The van der Waals surface area contributed by atoms with Gasteiger partial charge in [0.1, 0.15) is 11.6 Å². The van der Waals surface area contributed by atoms with Crippen LogP contribution in [0.2, 0.25) is 0 Å². The lowest BCUT2D eigenvalue weighted by Gasteiger charge is -2.25. The number of aliphatic hydroxyl groups excluding tert-OH is 1. The first-order chi connectivity index (χ1) is 14.8. The highest BCUT2D eigenvalue weighted by atomic mass is 19.1. The summed E-state index contributed by atoms with van der Waals surface area (Å²) in [5.74, 6) is -1.19. The van der Waals surface area contributed by atoms with E-state index >= 15 is 0 Å². The third-order valence-corrected chi connectivity index (χ3v) is 5.26. The summed E-state index contributed by atoms with van der Waals surface area (Å²) in [6.07, 6.45) is 1.41. The SMILES string of the molecule is CCCCNC[C@@H](O)[C@@H](Cc1cc(F)cc(F)c1)NC(=O)Cc1ccc(C(C)C)cc1. The second kappa shape index (κ2) is 12.5. The van der Waals surface area contributed by atoms with Crippen molar-refractivity contribution >= 4 is 5.91 Å². The number of carbonyl (C=O) groups excluding carboxylic acids is 1. The van der Waals surface area contributed by atoms with Crippen LogP contribution in [0.4, 0.5) is 8.78 Å². The molecule has 0 heterocycles. The Kier molecular flexibility index (Phi) is 10.1. The molecule has 2 atom stereocenters. The van der Waals surface area contributed by atoms with Crippen LogP contribution in [0, 0.1) is 11.6 Å². The van der Waals surface area contributed by atoms with Gasteiger partial charge >= 0.3 is 0 Å². The molecule has 0 saturated carbocycles. The fourth-order valence-electron chi connectivity index (χ4n) is 3.42. The molecule has 0 radical (unpaired) electrons. The number of nitrogens with one attached hydrogen (secondary N) is 2. The van der Waals surface area contributed by atoms with Crippen molar-refractivity contribution in [3.63, 3.8) is 0 Å². The number of aliphatic hydroxyl groups is 1. The van der Waals surface area contributed by atoms with E-state index in [1.807, 2.05) is 24.3 Å². The van der Waals surface area contributed by atoms with E-state index in [0.29, 0.717) is 11.5 Å². The van der Waals surface area contributed by atoms with Gasteiger partial charge in [-0.2, -0.15) is 0 Å². The molecule has 0 bridgehead atoms. The minimum absolute atomic E-state index is 0.128. The molecule has 2 aromatic carbocycles. The summed E-state index contributed by atoms with van der Waals surface area (Å²) < 4.78 is 27.2. The number of unbranched alkanes of at least 4 members (excludes halogenated alkanes) is 1. The number of amides is 1. The molecule has 2 rings (SSSR count). The average Bonchev–Trinajstić information content (AvgIpc) is 2.70. The van der Waals surface area contributed by atoms with E-state index in [-0.39, 0.29) is 25.3 Å². The van der Waals surface area contributed by atoms with E-state index in [2.05, 4.69) is 31.4 Å². The molecule has 0 unspecified atom stereocenters. The molecular weight excluding hydrogens is 398 g/mol. The largest absolute Gasteiger partial charge is 0.390 e. The maximum absolute atomic E-state index is 13.6. The number of benzene rings is 2. The van der Waals surface area contributed by atoms with Crippen molar-refractivity contribution in [3.05, 3.63) is 70.8 Å². The molecule has 4 nitrogen and oxygen atoms in total. The zero-order chi connectivity index (χ0) is 22.8. The molecule has 3 N–H and O–H groups in total. The van der Waals surface area contributed by atoms with Crippen molar-refractivity contribution in [2.45, 2.75) is 64.5 Å². The summed E-state index contributed by atoms with van der Waals surface area (Å²) >= 11 is 0. The van der Waals surface area contributed by atoms with E-state index in [9.17, 15) is 18.7 Å². The van der Waals surface area contributed by atoms with Gasteiger partial charge in [-0.3, -0.25) is 4.79 Å². The monoisotopic (exact) mass is 432 g/mol. The summed E-state index contributed by atoms with van der Waals surface area (Å²) in [6.45, 7) is 7.33. The van der Waals surface area contributed by atoms with Crippen LogP contribution < -0.4 is 10.6 Å². The second-order valence-corrected chi connectivity index (χ2v) is 8.35. The van der Waals surface area contributed by atoms with Crippen LogP contribution in [0.5, 0.6) is 0 Å². The zero-order valence-corrected chi connectivity index (χ0v) is 18.6. The van der Waals surface area contributed by atoms with Gasteiger partial charge in [0, 0.05) is 12.6 Å². The topological polar surface area (TPSA) is 61.4 Å². The molecule has 0 aliphatic rings. The molecule has 31 heavy (non-hydrogen) atoms. The summed E-state index contributed by atoms with van der Waals surface area (Å²) in [5.41, 5.74) is 2.45. The lowest BCUT2D eigenvalue weighted by Crippen LogP contribution is -2.49. The van der Waals surface area contributed by atoms with Gasteiger partial charge in [-0.25, -0.2) is 8.78 Å². The predicted octanol–water partition coefficient (Wildman–Crippen LogP) is 4.11. The minimum Gasteiger partial charge on any atom is -0.390 e. The van der Waals surface area contributed by atoms with E-state index in [0.717, 1.165) is 31.0 Å². The highest BCUT2D eigenvalue weighted by Crippen LogP contribution is 2.16. The second-order valence-electron chi connectivity index (χ2n) is 8.35. The van der Waals surface area contributed by atoms with Gasteiger partial charge in [0.2, 0.25) is 5.91 Å². The smallest absolute Gasteiger partial charge is 0.224 e.